The molecule has 2 N–H and O–H groups in total. The number of nitrogen functional groups attached to an aromatic ring is 1. The Morgan fingerprint density at radius 2 is 2.31 bits per heavy atom. The first-order chi connectivity index (χ1) is 6.17. The van der Waals surface area contributed by atoms with Crippen LogP contribution in [0.1, 0.15) is 10.5 Å². The maximum Gasteiger partial charge on any atom is 0.357 e. The van der Waals surface area contributed by atoms with E-state index in [1.807, 2.05) is 0 Å². The summed E-state index contributed by atoms with van der Waals surface area (Å²) < 4.78 is 9.21. The zero-order valence-corrected chi connectivity index (χ0v) is 8.81. The third kappa shape index (κ3) is 2.41. The molecule has 1 aromatic rings. The van der Waals surface area contributed by atoms with Crippen LogP contribution in [0.3, 0.4) is 0 Å². The number of aromatic nitrogens is 2. The van der Waals surface area contributed by atoms with Gasteiger partial charge in [-0.2, -0.15) is 4.98 Å². The summed E-state index contributed by atoms with van der Waals surface area (Å²) in [5.74, 6) is -0.396. The fourth-order valence-electron chi connectivity index (χ4n) is 0.691. The highest BCUT2D eigenvalue weighted by molar-refractivity contribution is 14.1. The van der Waals surface area contributed by atoms with Gasteiger partial charge in [-0.3, -0.25) is 0 Å². The maximum atomic E-state index is 11.0. The Hall–Kier alpha value is -1.12. The van der Waals surface area contributed by atoms with Crippen molar-refractivity contribution in [3.8, 4) is 5.88 Å². The molecule has 7 heteroatoms. The lowest BCUT2D eigenvalue weighted by Gasteiger charge is -2.01. The van der Waals surface area contributed by atoms with E-state index in [4.69, 9.17) is 8.80 Å². The first-order valence-electron chi connectivity index (χ1n) is 3.19. The molecule has 0 radical (unpaired) electrons. The fourth-order valence-corrected chi connectivity index (χ4v) is 0.917. The number of ether oxygens (including phenoxy) is 1. The summed E-state index contributed by atoms with van der Waals surface area (Å²) in [6.45, 7) is 0. The number of nitrogens with zero attached hydrogens (tertiary/aromatic N) is 2. The van der Waals surface area contributed by atoms with E-state index < -0.39 is 5.97 Å². The second kappa shape index (κ2) is 4.21. The van der Waals surface area contributed by atoms with Crippen LogP contribution >= 0.6 is 23.0 Å². The van der Waals surface area contributed by atoms with Crippen LogP contribution in [0.25, 0.3) is 0 Å². The van der Waals surface area contributed by atoms with E-state index in [-0.39, 0.29) is 17.5 Å². The minimum atomic E-state index is -0.580. The number of hydrogen-bond acceptors (Lipinski definition) is 6. The van der Waals surface area contributed by atoms with Crippen molar-refractivity contribution in [2.24, 2.45) is 0 Å². The van der Waals surface area contributed by atoms with Crippen molar-refractivity contribution in [3.05, 3.63) is 11.8 Å². The molecule has 1 heterocycles. The molecule has 1 aromatic heterocycles. The molecule has 0 atom stereocenters. The van der Waals surface area contributed by atoms with Crippen molar-refractivity contribution in [1.82, 2.24) is 9.97 Å². The Labute approximate surface area is 88.1 Å². The molecule has 0 saturated heterocycles. The van der Waals surface area contributed by atoms with Gasteiger partial charge in [0.25, 0.3) is 0 Å². The third-order valence-electron chi connectivity index (χ3n) is 1.19. The van der Waals surface area contributed by atoms with Gasteiger partial charge in [0.15, 0.2) is 28.7 Å². The Kier molecular flexibility index (Phi) is 3.23. The Balaban J connectivity index is 3.08. The van der Waals surface area contributed by atoms with Crippen molar-refractivity contribution >= 4 is 34.9 Å². The summed E-state index contributed by atoms with van der Waals surface area (Å²) in [5, 5.41) is 0. The van der Waals surface area contributed by atoms with Crippen molar-refractivity contribution < 1.29 is 12.6 Å². The molecule has 0 aromatic carbocycles. The van der Waals surface area contributed by atoms with Crippen LogP contribution in [0.4, 0.5) is 5.95 Å². The quantitative estimate of drug-likeness (QED) is 0.634. The summed E-state index contributed by atoms with van der Waals surface area (Å²) in [6, 6.07) is 1.34. The van der Waals surface area contributed by atoms with Gasteiger partial charge in [0.2, 0.25) is 11.8 Å². The summed E-state index contributed by atoms with van der Waals surface area (Å²) in [6.07, 6.45) is 0. The molecule has 0 spiro atoms. The fraction of sp³-hybridized carbons (Fsp3) is 0.167. The monoisotopic (exact) mass is 295 g/mol. The lowest BCUT2D eigenvalue weighted by molar-refractivity contribution is 0.0593. The van der Waals surface area contributed by atoms with Crippen molar-refractivity contribution in [1.29, 1.82) is 0 Å². The van der Waals surface area contributed by atoms with E-state index in [2.05, 4.69) is 14.7 Å². The van der Waals surface area contributed by atoms with Gasteiger partial charge < -0.3 is 13.5 Å². The molecule has 0 aliphatic heterocycles. The Morgan fingerprint density at radius 1 is 1.62 bits per heavy atom. The van der Waals surface area contributed by atoms with Crippen LogP contribution in [0, 0.1) is 0 Å². The minimum absolute atomic E-state index is 0.0328. The van der Waals surface area contributed by atoms with E-state index in [0.29, 0.717) is 0 Å². The number of anilines is 1. The average molecular weight is 295 g/mol. The summed E-state index contributed by atoms with van der Waals surface area (Å²) >= 11 is 1.62. The zero-order chi connectivity index (χ0) is 9.84. The molecular formula is C6H6IN3O3. The smallest absolute Gasteiger partial charge is 0.357 e. The van der Waals surface area contributed by atoms with Crippen LogP contribution in [0.2, 0.25) is 0 Å². The number of carbonyl (C=O) groups is 1. The standard InChI is InChI=1S/C6H6IN3O3/c1-12-5(11)3-2-4(13-7)10-6(8)9-3/h2H,1H3,(H2,8,9,10). The molecule has 6 nitrogen and oxygen atoms in total. The first-order valence-corrected chi connectivity index (χ1v) is 4.07. The van der Waals surface area contributed by atoms with Gasteiger partial charge in [-0.1, -0.05) is 0 Å². The zero-order valence-electron chi connectivity index (χ0n) is 6.65. The van der Waals surface area contributed by atoms with Gasteiger partial charge in [-0.05, 0) is 0 Å². The highest BCUT2D eigenvalue weighted by Gasteiger charge is 2.10. The van der Waals surface area contributed by atoms with Crippen LogP contribution in [-0.2, 0) is 4.74 Å². The lowest BCUT2D eigenvalue weighted by atomic mass is 10.4. The number of halogens is 1. The molecule has 0 saturated carbocycles. The van der Waals surface area contributed by atoms with Gasteiger partial charge in [0.1, 0.15) is 0 Å². The van der Waals surface area contributed by atoms with E-state index >= 15 is 0 Å². The van der Waals surface area contributed by atoms with Gasteiger partial charge in [-0.25, -0.2) is 9.78 Å². The van der Waals surface area contributed by atoms with Crippen molar-refractivity contribution in [3.63, 3.8) is 0 Å². The molecule has 0 fully saturated rings. The SMILES string of the molecule is COC(=O)c1cc(OI)nc(N)n1. The maximum absolute atomic E-state index is 11.0. The predicted octanol–water partition coefficient (Wildman–Crippen LogP) is 0.574. The largest absolute Gasteiger partial charge is 0.464 e. The highest BCUT2D eigenvalue weighted by atomic mass is 127. The van der Waals surface area contributed by atoms with Gasteiger partial charge >= 0.3 is 5.97 Å². The summed E-state index contributed by atoms with van der Waals surface area (Å²) in [7, 11) is 1.26. The Bertz CT molecular complexity index is 331. The molecule has 1 rings (SSSR count). The number of rotatable bonds is 2. The number of hydrogen-bond donors (Lipinski definition) is 1. The molecule has 70 valence electrons. The normalized spacial score (nSPS) is 9.38. The molecular weight excluding hydrogens is 289 g/mol. The second-order valence-corrected chi connectivity index (χ2v) is 2.46. The van der Waals surface area contributed by atoms with Crippen LogP contribution < -0.4 is 8.80 Å². The molecule has 0 unspecified atom stereocenters. The van der Waals surface area contributed by atoms with Crippen molar-refractivity contribution in [2.45, 2.75) is 0 Å². The lowest BCUT2D eigenvalue weighted by Crippen LogP contribution is -2.07. The van der Waals surface area contributed by atoms with Crippen LogP contribution in [0.15, 0.2) is 6.07 Å². The molecule has 0 aliphatic rings. The minimum Gasteiger partial charge on any atom is -0.464 e. The number of esters is 1. The summed E-state index contributed by atoms with van der Waals surface area (Å²) in [4.78, 5) is 18.4. The highest BCUT2D eigenvalue weighted by Crippen LogP contribution is 2.13. The topological polar surface area (TPSA) is 87.3 Å². The van der Waals surface area contributed by atoms with Gasteiger partial charge in [-0.15, -0.1) is 0 Å². The van der Waals surface area contributed by atoms with Crippen LogP contribution in [0.5, 0.6) is 5.88 Å². The van der Waals surface area contributed by atoms with Gasteiger partial charge in [0, 0.05) is 6.07 Å². The first kappa shape index (κ1) is 9.96. The Morgan fingerprint density at radius 3 is 2.85 bits per heavy atom. The molecule has 0 aliphatic carbocycles. The van der Waals surface area contributed by atoms with E-state index in [0.717, 1.165) is 0 Å². The molecule has 0 amide bonds. The van der Waals surface area contributed by atoms with Gasteiger partial charge in [0.05, 0.1) is 7.11 Å². The van der Waals surface area contributed by atoms with E-state index in [1.165, 1.54) is 13.2 Å². The average Bonchev–Trinajstić information content (AvgIpc) is 2.15. The van der Waals surface area contributed by atoms with E-state index in [1.54, 1.807) is 23.0 Å². The van der Waals surface area contributed by atoms with Crippen LogP contribution in [-0.4, -0.2) is 23.0 Å². The second-order valence-electron chi connectivity index (χ2n) is 2.02. The number of methoxy groups -OCH3 is 1. The number of nitrogens with two attached hydrogens (primary N) is 1. The third-order valence-corrected chi connectivity index (χ3v) is 1.64. The molecule has 0 bridgehead atoms. The van der Waals surface area contributed by atoms with E-state index in [9.17, 15) is 4.79 Å². The predicted molar refractivity (Wildman–Crippen MR) is 52.4 cm³/mol. The molecule has 13 heavy (non-hydrogen) atoms. The number of carbonyl (C=O) groups excluding carboxylic acids is 1. The summed E-state index contributed by atoms with van der Waals surface area (Å²) in [5.41, 5.74) is 5.39. The van der Waals surface area contributed by atoms with Crippen molar-refractivity contribution in [2.75, 3.05) is 12.8 Å².